The quantitative estimate of drug-likeness (QED) is 0.759. The Morgan fingerprint density at radius 1 is 1.57 bits per heavy atom. The van der Waals surface area contributed by atoms with Gasteiger partial charge in [0.2, 0.25) is 0 Å². The molecule has 0 spiro atoms. The molecule has 0 unspecified atom stereocenters. The van der Waals surface area contributed by atoms with E-state index in [1.165, 1.54) is 18.3 Å². The summed E-state index contributed by atoms with van der Waals surface area (Å²) in [5, 5.41) is 11.7. The van der Waals surface area contributed by atoms with E-state index in [1.807, 2.05) is 0 Å². The van der Waals surface area contributed by atoms with Crippen molar-refractivity contribution in [3.63, 3.8) is 0 Å². The molecule has 0 aliphatic heterocycles. The molecule has 1 aromatic heterocycles. The molecule has 1 amide bonds. The normalized spacial score (nSPS) is 16.4. The molecule has 0 saturated heterocycles. The third-order valence-electron chi connectivity index (χ3n) is 3.40. The van der Waals surface area contributed by atoms with Crippen LogP contribution in [0.1, 0.15) is 30.1 Å². The molecule has 0 bridgehead atoms. The Labute approximate surface area is 120 Å². The van der Waals surface area contributed by atoms with E-state index < -0.39 is 29.6 Å². The molecule has 1 aromatic rings. The van der Waals surface area contributed by atoms with E-state index in [9.17, 15) is 14.4 Å². The average Bonchev–Trinajstić information content (AvgIpc) is 3.30. The number of nitrogens with one attached hydrogen (secondary N) is 2. The van der Waals surface area contributed by atoms with Crippen LogP contribution in [0.2, 0.25) is 0 Å². The van der Waals surface area contributed by atoms with Crippen molar-refractivity contribution < 1.29 is 14.3 Å². The maximum atomic E-state index is 11.7. The molecular formula is C14H15N3O4. The second-order valence-electron chi connectivity index (χ2n) is 5.13. The SMILES string of the molecule is C[C@](C#N)(NC(=O)COC(=O)c1ccc[nH]c1=O)C1CC1. The number of H-pyrrole nitrogens is 1. The van der Waals surface area contributed by atoms with Gasteiger partial charge in [-0.3, -0.25) is 9.59 Å². The number of hydrogen-bond acceptors (Lipinski definition) is 5. The highest BCUT2D eigenvalue weighted by atomic mass is 16.5. The maximum absolute atomic E-state index is 11.7. The lowest BCUT2D eigenvalue weighted by Gasteiger charge is -2.22. The molecule has 0 aromatic carbocycles. The Morgan fingerprint density at radius 3 is 2.86 bits per heavy atom. The highest BCUT2D eigenvalue weighted by molar-refractivity contribution is 5.91. The molecule has 1 heterocycles. The first kappa shape index (κ1) is 14.8. The smallest absolute Gasteiger partial charge is 0.344 e. The summed E-state index contributed by atoms with van der Waals surface area (Å²) in [5.74, 6) is -1.30. The van der Waals surface area contributed by atoms with Crippen LogP contribution in [0.3, 0.4) is 0 Å². The number of ether oxygens (including phenoxy) is 1. The minimum Gasteiger partial charge on any atom is -0.452 e. The van der Waals surface area contributed by atoms with Crippen LogP contribution >= 0.6 is 0 Å². The molecule has 1 saturated carbocycles. The van der Waals surface area contributed by atoms with Crippen LogP contribution in [0, 0.1) is 17.2 Å². The van der Waals surface area contributed by atoms with Gasteiger partial charge < -0.3 is 15.0 Å². The fraction of sp³-hybridized carbons (Fsp3) is 0.429. The Bertz CT molecular complexity index is 657. The zero-order valence-corrected chi connectivity index (χ0v) is 11.5. The fourth-order valence-corrected chi connectivity index (χ4v) is 2.00. The van der Waals surface area contributed by atoms with Crippen molar-refractivity contribution in [3.8, 4) is 6.07 Å². The summed E-state index contributed by atoms with van der Waals surface area (Å²) in [5.41, 5.74) is -1.69. The summed E-state index contributed by atoms with van der Waals surface area (Å²) in [4.78, 5) is 37.1. The van der Waals surface area contributed by atoms with Gasteiger partial charge in [-0.2, -0.15) is 5.26 Å². The molecule has 0 radical (unpaired) electrons. The number of esters is 1. The van der Waals surface area contributed by atoms with Gasteiger partial charge in [-0.05, 0) is 37.8 Å². The van der Waals surface area contributed by atoms with Crippen molar-refractivity contribution in [2.45, 2.75) is 25.3 Å². The second-order valence-corrected chi connectivity index (χ2v) is 5.13. The van der Waals surface area contributed by atoms with E-state index in [0.717, 1.165) is 12.8 Å². The van der Waals surface area contributed by atoms with Gasteiger partial charge in [-0.1, -0.05) is 0 Å². The summed E-state index contributed by atoms with van der Waals surface area (Å²) in [6.07, 6.45) is 3.17. The molecule has 2 N–H and O–H groups in total. The van der Waals surface area contributed by atoms with Gasteiger partial charge >= 0.3 is 5.97 Å². The molecule has 1 aliphatic carbocycles. The monoisotopic (exact) mass is 289 g/mol. The van der Waals surface area contributed by atoms with E-state index in [0.29, 0.717) is 0 Å². The van der Waals surface area contributed by atoms with E-state index in [1.54, 1.807) is 6.92 Å². The molecule has 1 fully saturated rings. The van der Waals surface area contributed by atoms with Crippen LogP contribution in [-0.4, -0.2) is 29.0 Å². The maximum Gasteiger partial charge on any atom is 0.344 e. The standard InChI is InChI=1S/C14H15N3O4/c1-14(8-15,9-4-5-9)17-11(18)7-21-13(20)10-3-2-6-16-12(10)19/h2-3,6,9H,4-5,7H2,1H3,(H,16,19)(H,17,18)/t14-/m1/s1. The van der Waals surface area contributed by atoms with Crippen molar-refractivity contribution in [2.24, 2.45) is 5.92 Å². The van der Waals surface area contributed by atoms with E-state index >= 15 is 0 Å². The first-order chi connectivity index (χ1) is 9.96. The van der Waals surface area contributed by atoms with Crippen LogP contribution < -0.4 is 10.9 Å². The summed E-state index contributed by atoms with van der Waals surface area (Å²) >= 11 is 0. The number of rotatable bonds is 5. The molecule has 2 rings (SSSR count). The Kier molecular flexibility index (Phi) is 4.08. The van der Waals surface area contributed by atoms with Crippen molar-refractivity contribution in [2.75, 3.05) is 6.61 Å². The number of nitrogens with zero attached hydrogens (tertiary/aromatic N) is 1. The van der Waals surface area contributed by atoms with Gasteiger partial charge in [0.25, 0.3) is 11.5 Å². The molecule has 7 nitrogen and oxygen atoms in total. The van der Waals surface area contributed by atoms with Crippen LogP contribution in [0.15, 0.2) is 23.1 Å². The van der Waals surface area contributed by atoms with Crippen LogP contribution in [0.5, 0.6) is 0 Å². The van der Waals surface area contributed by atoms with Gasteiger partial charge in [-0.15, -0.1) is 0 Å². The minimum atomic E-state index is -0.937. The lowest BCUT2D eigenvalue weighted by Crippen LogP contribution is -2.48. The van der Waals surface area contributed by atoms with Gasteiger partial charge in [0.05, 0.1) is 6.07 Å². The number of amides is 1. The van der Waals surface area contributed by atoms with Crippen molar-refractivity contribution >= 4 is 11.9 Å². The minimum absolute atomic E-state index is 0.138. The molecular weight excluding hydrogens is 274 g/mol. The zero-order valence-electron chi connectivity index (χ0n) is 11.5. The predicted octanol–water partition coefficient (Wildman–Crippen LogP) is 0.340. The molecule has 21 heavy (non-hydrogen) atoms. The summed E-state index contributed by atoms with van der Waals surface area (Å²) in [7, 11) is 0. The highest BCUT2D eigenvalue weighted by Gasteiger charge is 2.43. The highest BCUT2D eigenvalue weighted by Crippen LogP contribution is 2.39. The number of aromatic amines is 1. The first-order valence-electron chi connectivity index (χ1n) is 6.53. The Balaban J connectivity index is 1.90. The summed E-state index contributed by atoms with van der Waals surface area (Å²) in [6, 6.07) is 4.86. The first-order valence-corrected chi connectivity index (χ1v) is 6.53. The summed E-state index contributed by atoms with van der Waals surface area (Å²) in [6.45, 7) is 1.11. The third kappa shape index (κ3) is 3.48. The van der Waals surface area contributed by atoms with Gasteiger partial charge in [-0.25, -0.2) is 4.79 Å². The number of aromatic nitrogens is 1. The van der Waals surface area contributed by atoms with Crippen LogP contribution in [0.25, 0.3) is 0 Å². The van der Waals surface area contributed by atoms with Crippen LogP contribution in [-0.2, 0) is 9.53 Å². The molecule has 110 valence electrons. The molecule has 1 atom stereocenters. The van der Waals surface area contributed by atoms with E-state index in [2.05, 4.69) is 16.4 Å². The Hall–Kier alpha value is -2.62. The lowest BCUT2D eigenvalue weighted by molar-refractivity contribution is -0.125. The topological polar surface area (TPSA) is 112 Å². The average molecular weight is 289 g/mol. The molecule has 1 aliphatic rings. The second kappa shape index (κ2) is 5.79. The van der Waals surface area contributed by atoms with Crippen molar-refractivity contribution in [1.82, 2.24) is 10.3 Å². The third-order valence-corrected chi connectivity index (χ3v) is 3.40. The predicted molar refractivity (Wildman–Crippen MR) is 72.2 cm³/mol. The summed E-state index contributed by atoms with van der Waals surface area (Å²) < 4.78 is 4.78. The van der Waals surface area contributed by atoms with Crippen molar-refractivity contribution in [3.05, 3.63) is 34.2 Å². The fourth-order valence-electron chi connectivity index (χ4n) is 2.00. The van der Waals surface area contributed by atoms with Gasteiger partial charge in [0, 0.05) is 6.20 Å². The number of nitriles is 1. The van der Waals surface area contributed by atoms with Gasteiger partial charge in [0.1, 0.15) is 11.1 Å². The number of pyridine rings is 1. The number of carbonyl (C=O) groups excluding carboxylic acids is 2. The number of carbonyl (C=O) groups is 2. The van der Waals surface area contributed by atoms with Crippen LogP contribution in [0.4, 0.5) is 0 Å². The Morgan fingerprint density at radius 2 is 2.29 bits per heavy atom. The molecule has 7 heteroatoms. The van der Waals surface area contributed by atoms with E-state index in [4.69, 9.17) is 10.00 Å². The number of hydrogen-bond donors (Lipinski definition) is 2. The largest absolute Gasteiger partial charge is 0.452 e. The van der Waals surface area contributed by atoms with Crippen molar-refractivity contribution in [1.29, 1.82) is 5.26 Å². The zero-order chi connectivity index (χ0) is 15.5. The lowest BCUT2D eigenvalue weighted by atomic mass is 9.98. The van der Waals surface area contributed by atoms with E-state index in [-0.39, 0.29) is 11.5 Å². The van der Waals surface area contributed by atoms with Gasteiger partial charge in [0.15, 0.2) is 6.61 Å².